The molecule has 1 heterocycles. The van der Waals surface area contributed by atoms with E-state index in [1.54, 1.807) is 62.4 Å². The van der Waals surface area contributed by atoms with E-state index in [9.17, 15) is 34.2 Å². The number of hydrogen-bond acceptors (Lipinski definition) is 6. The first-order valence-electron chi connectivity index (χ1n) is 11.8. The first-order valence-corrected chi connectivity index (χ1v) is 11.8. The Morgan fingerprint density at radius 1 is 0.892 bits per heavy atom. The van der Waals surface area contributed by atoms with Gasteiger partial charge in [0.05, 0.1) is 17.0 Å². The van der Waals surface area contributed by atoms with Crippen LogP contribution in [-0.2, 0) is 20.8 Å². The smallest absolute Gasteiger partial charge is 0.329 e. The Balaban J connectivity index is 2.02. The van der Waals surface area contributed by atoms with Crippen LogP contribution in [0.25, 0.3) is 10.9 Å². The minimum Gasteiger partial charge on any atom is -0.480 e. The Kier molecular flexibility index (Phi) is 8.61. The molecule has 3 rings (SSSR count). The number of carboxylic acids is 1. The number of benzene rings is 2. The maximum atomic E-state index is 13.6. The molecule has 0 fully saturated rings. The van der Waals surface area contributed by atoms with Crippen molar-refractivity contribution in [1.29, 1.82) is 0 Å². The zero-order chi connectivity index (χ0) is 27.3. The molecule has 1 aromatic heterocycles. The van der Waals surface area contributed by atoms with Crippen molar-refractivity contribution < 1.29 is 24.6 Å². The molecule has 4 atom stereocenters. The van der Waals surface area contributed by atoms with Gasteiger partial charge in [-0.25, -0.2) is 14.2 Å². The van der Waals surface area contributed by atoms with Crippen LogP contribution in [0.5, 0.6) is 0 Å². The average Bonchev–Trinajstić information content (AvgIpc) is 2.85. The van der Waals surface area contributed by atoms with Crippen LogP contribution in [0.2, 0.25) is 0 Å². The minimum atomic E-state index is -1.59. The first kappa shape index (κ1) is 27.3. The Morgan fingerprint density at radius 2 is 1.49 bits per heavy atom. The predicted molar refractivity (Wildman–Crippen MR) is 136 cm³/mol. The van der Waals surface area contributed by atoms with Crippen LogP contribution in [0.1, 0.15) is 32.4 Å². The van der Waals surface area contributed by atoms with Crippen LogP contribution in [0, 0.1) is 5.92 Å². The van der Waals surface area contributed by atoms with Gasteiger partial charge in [-0.3, -0.25) is 14.4 Å². The van der Waals surface area contributed by atoms with Crippen molar-refractivity contribution in [2.75, 3.05) is 0 Å². The van der Waals surface area contributed by atoms with Crippen LogP contribution >= 0.6 is 0 Å². The molecule has 0 saturated carbocycles. The summed E-state index contributed by atoms with van der Waals surface area (Å²) in [6.45, 7) is 4.50. The zero-order valence-corrected chi connectivity index (χ0v) is 20.7. The number of H-pyrrole nitrogens is 1. The molecule has 0 saturated heterocycles. The number of nitrogens with one attached hydrogen (secondary N) is 3. The van der Waals surface area contributed by atoms with Crippen LogP contribution in [0.4, 0.5) is 0 Å². The maximum Gasteiger partial charge on any atom is 0.329 e. The highest BCUT2D eigenvalue weighted by Gasteiger charge is 2.34. The SMILES string of the molecule is CC(C)[C@H](NC(=O)[C@H](Cc1ccccc1)n1c(=O)[nH]c2ccccc2c1=O)C(=O)N[C@H](C(=O)O)C(C)O. The number of aliphatic hydroxyl groups excluding tert-OH is 1. The largest absolute Gasteiger partial charge is 0.480 e. The number of carbonyl (C=O) groups excluding carboxylic acids is 2. The molecule has 0 aliphatic heterocycles. The second kappa shape index (κ2) is 11.7. The van der Waals surface area contributed by atoms with E-state index in [-0.39, 0.29) is 11.8 Å². The summed E-state index contributed by atoms with van der Waals surface area (Å²) in [7, 11) is 0. The standard InChI is InChI=1S/C26H30N4O7/c1-14(2)20(23(33)29-21(15(3)31)25(35)36)28-22(32)19(13-16-9-5-4-6-10-16)30-24(34)17-11-7-8-12-18(17)27-26(30)37/h4-12,14-15,19-21,31H,13H2,1-3H3,(H,27,37)(H,28,32)(H,29,33)(H,35,36)/t15?,19-,20-,21-/m0/s1. The van der Waals surface area contributed by atoms with E-state index in [0.29, 0.717) is 11.1 Å². The normalized spacial score (nSPS) is 14.5. The average molecular weight is 511 g/mol. The van der Waals surface area contributed by atoms with Gasteiger partial charge in [0, 0.05) is 6.42 Å². The van der Waals surface area contributed by atoms with Crippen molar-refractivity contribution in [1.82, 2.24) is 20.2 Å². The van der Waals surface area contributed by atoms with Crippen molar-refractivity contribution in [3.63, 3.8) is 0 Å². The van der Waals surface area contributed by atoms with Crippen LogP contribution < -0.4 is 21.9 Å². The van der Waals surface area contributed by atoms with Gasteiger partial charge in [0.1, 0.15) is 12.1 Å². The van der Waals surface area contributed by atoms with Crippen molar-refractivity contribution in [2.24, 2.45) is 5.92 Å². The Hall–Kier alpha value is -4.25. The highest BCUT2D eigenvalue weighted by atomic mass is 16.4. The van der Waals surface area contributed by atoms with Crippen molar-refractivity contribution in [3.05, 3.63) is 81.0 Å². The number of rotatable bonds is 10. The van der Waals surface area contributed by atoms with Crippen molar-refractivity contribution in [2.45, 2.75) is 51.4 Å². The molecule has 37 heavy (non-hydrogen) atoms. The van der Waals surface area contributed by atoms with Gasteiger partial charge in [-0.15, -0.1) is 0 Å². The van der Waals surface area contributed by atoms with Crippen LogP contribution in [0.15, 0.2) is 64.2 Å². The zero-order valence-electron chi connectivity index (χ0n) is 20.7. The Bertz CT molecular complexity index is 1400. The molecule has 1 unspecified atom stereocenters. The molecule has 0 spiro atoms. The highest BCUT2D eigenvalue weighted by Crippen LogP contribution is 2.15. The molecule has 196 valence electrons. The number of carbonyl (C=O) groups is 3. The van der Waals surface area contributed by atoms with Crippen LogP contribution in [-0.4, -0.2) is 55.7 Å². The van der Waals surface area contributed by atoms with E-state index in [4.69, 9.17) is 0 Å². The lowest BCUT2D eigenvalue weighted by atomic mass is 10.00. The third-order valence-corrected chi connectivity index (χ3v) is 6.02. The number of hydrogen-bond donors (Lipinski definition) is 5. The minimum absolute atomic E-state index is 0.0220. The molecule has 0 aliphatic carbocycles. The summed E-state index contributed by atoms with van der Waals surface area (Å²) < 4.78 is 0.829. The summed E-state index contributed by atoms with van der Waals surface area (Å²) in [6, 6.07) is 11.1. The lowest BCUT2D eigenvalue weighted by Crippen LogP contribution is -2.57. The fourth-order valence-electron chi connectivity index (χ4n) is 4.01. The van der Waals surface area contributed by atoms with Gasteiger partial charge in [0.15, 0.2) is 6.04 Å². The van der Waals surface area contributed by atoms with Gasteiger partial charge in [-0.2, -0.15) is 0 Å². The quantitative estimate of drug-likeness (QED) is 0.265. The number of fused-ring (bicyclic) bond motifs is 1. The summed E-state index contributed by atoms with van der Waals surface area (Å²) >= 11 is 0. The second-order valence-corrected chi connectivity index (χ2v) is 9.15. The molecule has 11 heteroatoms. The number of aliphatic carboxylic acids is 1. The van der Waals surface area contributed by atoms with E-state index in [1.165, 1.54) is 13.0 Å². The van der Waals surface area contributed by atoms with E-state index >= 15 is 0 Å². The number of aromatic nitrogens is 2. The molecule has 0 radical (unpaired) electrons. The molecular weight excluding hydrogens is 480 g/mol. The number of amides is 2. The number of aromatic amines is 1. The molecular formula is C26H30N4O7. The van der Waals surface area contributed by atoms with Gasteiger partial charge >= 0.3 is 11.7 Å². The van der Waals surface area contributed by atoms with Gasteiger partial charge in [-0.05, 0) is 30.5 Å². The van der Waals surface area contributed by atoms with Gasteiger partial charge in [0.2, 0.25) is 11.8 Å². The Morgan fingerprint density at radius 3 is 2.08 bits per heavy atom. The topological polar surface area (TPSA) is 171 Å². The second-order valence-electron chi connectivity index (χ2n) is 9.15. The third kappa shape index (κ3) is 6.31. The summed E-state index contributed by atoms with van der Waals surface area (Å²) in [5, 5.41) is 24.1. The predicted octanol–water partition coefficient (Wildman–Crippen LogP) is 0.565. The van der Waals surface area contributed by atoms with Gasteiger partial charge < -0.3 is 25.8 Å². The summed E-state index contributed by atoms with van der Waals surface area (Å²) in [5.41, 5.74) is -0.455. The maximum absolute atomic E-state index is 13.6. The molecule has 5 N–H and O–H groups in total. The summed E-state index contributed by atoms with van der Waals surface area (Å²) in [6.07, 6.45) is -1.41. The van der Waals surface area contributed by atoms with Gasteiger partial charge in [-0.1, -0.05) is 56.3 Å². The van der Waals surface area contributed by atoms with Crippen molar-refractivity contribution in [3.8, 4) is 0 Å². The monoisotopic (exact) mass is 510 g/mol. The van der Waals surface area contributed by atoms with E-state index < -0.39 is 59.2 Å². The molecule has 0 bridgehead atoms. The molecule has 3 aromatic rings. The summed E-state index contributed by atoms with van der Waals surface area (Å²) in [5.74, 6) is -3.52. The number of aliphatic hydroxyl groups is 1. The lowest BCUT2D eigenvalue weighted by molar-refractivity contribution is -0.145. The van der Waals surface area contributed by atoms with Crippen molar-refractivity contribution >= 4 is 28.7 Å². The number of para-hydroxylation sites is 1. The molecule has 11 nitrogen and oxygen atoms in total. The Labute approximate surface area is 212 Å². The lowest BCUT2D eigenvalue weighted by Gasteiger charge is -2.27. The molecule has 2 aromatic carbocycles. The van der Waals surface area contributed by atoms with Crippen LogP contribution in [0.3, 0.4) is 0 Å². The number of nitrogens with zero attached hydrogens (tertiary/aromatic N) is 1. The highest BCUT2D eigenvalue weighted by molar-refractivity contribution is 5.92. The van der Waals surface area contributed by atoms with E-state index in [1.807, 2.05) is 0 Å². The first-order chi connectivity index (χ1) is 17.5. The fraction of sp³-hybridized carbons (Fsp3) is 0.346. The molecule has 0 aliphatic rings. The van der Waals surface area contributed by atoms with E-state index in [0.717, 1.165) is 4.57 Å². The van der Waals surface area contributed by atoms with Gasteiger partial charge in [0.25, 0.3) is 5.56 Å². The fourth-order valence-corrected chi connectivity index (χ4v) is 4.01. The molecule has 2 amide bonds. The van der Waals surface area contributed by atoms with E-state index in [2.05, 4.69) is 15.6 Å². The number of carboxylic acid groups (broad SMARTS) is 1. The summed E-state index contributed by atoms with van der Waals surface area (Å²) in [4.78, 5) is 66.9. The third-order valence-electron chi connectivity index (χ3n) is 6.02.